The molecule has 2 N–H and O–H groups in total. The fraction of sp³-hybridized carbons (Fsp3) is 0.500. The summed E-state index contributed by atoms with van der Waals surface area (Å²) in [6.45, 7) is 2.61. The molecule has 16 heavy (non-hydrogen) atoms. The molecule has 3 nitrogen and oxygen atoms in total. The minimum Gasteiger partial charge on any atom is -0.383 e. The largest absolute Gasteiger partial charge is 0.383 e. The van der Waals surface area contributed by atoms with Gasteiger partial charge in [-0.15, -0.1) is 0 Å². The van der Waals surface area contributed by atoms with Crippen molar-refractivity contribution in [3.8, 4) is 0 Å². The van der Waals surface area contributed by atoms with Gasteiger partial charge in [-0.3, -0.25) is 4.90 Å². The van der Waals surface area contributed by atoms with E-state index in [9.17, 15) is 4.39 Å². The van der Waals surface area contributed by atoms with Crippen LogP contribution in [0, 0.1) is 5.82 Å². The van der Waals surface area contributed by atoms with E-state index < -0.39 is 0 Å². The monoisotopic (exact) mass is 226 g/mol. The van der Waals surface area contributed by atoms with Gasteiger partial charge >= 0.3 is 0 Å². The van der Waals surface area contributed by atoms with Gasteiger partial charge in [0.2, 0.25) is 0 Å². The summed E-state index contributed by atoms with van der Waals surface area (Å²) in [6, 6.07) is 4.74. The highest BCUT2D eigenvalue weighted by atomic mass is 19.1. The number of benzene rings is 1. The summed E-state index contributed by atoms with van der Waals surface area (Å²) in [5.74, 6) is -0.215. The Bertz CT molecular complexity index is 331. The molecular weight excluding hydrogens is 207 g/mol. The Morgan fingerprint density at radius 1 is 1.38 bits per heavy atom. The molecule has 0 aliphatic rings. The Hall–Kier alpha value is -0.970. The van der Waals surface area contributed by atoms with Gasteiger partial charge in [-0.2, -0.15) is 0 Å². The highest BCUT2D eigenvalue weighted by Gasteiger charge is 2.06. The normalized spacial score (nSPS) is 11.1. The lowest BCUT2D eigenvalue weighted by Crippen LogP contribution is -2.23. The number of rotatable bonds is 6. The second-order valence-electron chi connectivity index (χ2n) is 3.85. The van der Waals surface area contributed by atoms with E-state index in [0.29, 0.717) is 19.7 Å². The molecule has 1 aromatic rings. The molecule has 0 aromatic heterocycles. The molecule has 0 aliphatic carbocycles. The third kappa shape index (κ3) is 3.89. The molecule has 1 rings (SSSR count). The summed E-state index contributed by atoms with van der Waals surface area (Å²) >= 11 is 0. The Morgan fingerprint density at radius 3 is 2.75 bits per heavy atom. The molecule has 90 valence electrons. The molecule has 0 amide bonds. The molecule has 0 bridgehead atoms. The predicted octanol–water partition coefficient (Wildman–Crippen LogP) is 1.36. The minimum atomic E-state index is -0.215. The average Bonchev–Trinajstić information content (AvgIpc) is 2.27. The van der Waals surface area contributed by atoms with Crippen LogP contribution in [-0.4, -0.2) is 32.2 Å². The van der Waals surface area contributed by atoms with Crippen LogP contribution in [-0.2, 0) is 17.8 Å². The van der Waals surface area contributed by atoms with E-state index >= 15 is 0 Å². The van der Waals surface area contributed by atoms with Crippen molar-refractivity contribution in [2.24, 2.45) is 5.73 Å². The van der Waals surface area contributed by atoms with Crippen molar-refractivity contribution in [3.05, 3.63) is 35.1 Å². The first-order valence-electron chi connectivity index (χ1n) is 5.32. The molecule has 0 heterocycles. The lowest BCUT2D eigenvalue weighted by Gasteiger charge is -2.18. The van der Waals surface area contributed by atoms with Gasteiger partial charge in [0.25, 0.3) is 0 Å². The van der Waals surface area contributed by atoms with Crippen molar-refractivity contribution in [1.82, 2.24) is 4.90 Å². The lowest BCUT2D eigenvalue weighted by atomic mass is 10.1. The lowest BCUT2D eigenvalue weighted by molar-refractivity contribution is 0.158. The molecule has 0 radical (unpaired) electrons. The zero-order chi connectivity index (χ0) is 12.0. The average molecular weight is 226 g/mol. The van der Waals surface area contributed by atoms with Crippen LogP contribution in [0.4, 0.5) is 4.39 Å². The third-order valence-electron chi connectivity index (χ3n) is 2.51. The van der Waals surface area contributed by atoms with E-state index in [1.165, 1.54) is 6.07 Å². The second-order valence-corrected chi connectivity index (χ2v) is 3.85. The molecule has 1 aromatic carbocycles. The first-order valence-corrected chi connectivity index (χ1v) is 5.32. The summed E-state index contributed by atoms with van der Waals surface area (Å²) in [5.41, 5.74) is 7.55. The van der Waals surface area contributed by atoms with E-state index in [2.05, 4.69) is 4.90 Å². The van der Waals surface area contributed by atoms with E-state index in [0.717, 1.165) is 17.7 Å². The van der Waals surface area contributed by atoms with Crippen LogP contribution in [0.25, 0.3) is 0 Å². The maximum atomic E-state index is 13.1. The highest BCUT2D eigenvalue weighted by molar-refractivity contribution is 5.27. The van der Waals surface area contributed by atoms with E-state index in [1.807, 2.05) is 7.05 Å². The summed E-state index contributed by atoms with van der Waals surface area (Å²) in [4.78, 5) is 2.08. The molecule has 0 fully saturated rings. The van der Waals surface area contributed by atoms with Crippen LogP contribution < -0.4 is 5.73 Å². The van der Waals surface area contributed by atoms with Crippen LogP contribution in [0.2, 0.25) is 0 Å². The minimum absolute atomic E-state index is 0.215. The summed E-state index contributed by atoms with van der Waals surface area (Å²) in [7, 11) is 3.64. The maximum absolute atomic E-state index is 13.1. The van der Waals surface area contributed by atoms with Gasteiger partial charge in [-0.1, -0.05) is 6.07 Å². The summed E-state index contributed by atoms with van der Waals surface area (Å²) in [6.07, 6.45) is 0. The van der Waals surface area contributed by atoms with Gasteiger partial charge in [0.15, 0.2) is 0 Å². The first kappa shape index (κ1) is 13.1. The Morgan fingerprint density at radius 2 is 2.12 bits per heavy atom. The Balaban J connectivity index is 2.67. The molecule has 0 aliphatic heterocycles. The smallest absolute Gasteiger partial charge is 0.123 e. The summed E-state index contributed by atoms with van der Waals surface area (Å²) in [5, 5.41) is 0. The number of hydrogen-bond acceptors (Lipinski definition) is 3. The van der Waals surface area contributed by atoms with Gasteiger partial charge < -0.3 is 10.5 Å². The third-order valence-corrected chi connectivity index (χ3v) is 2.51. The van der Waals surface area contributed by atoms with Gasteiger partial charge in [-0.05, 0) is 30.3 Å². The Labute approximate surface area is 96.0 Å². The van der Waals surface area contributed by atoms with Crippen molar-refractivity contribution in [2.75, 3.05) is 27.3 Å². The number of nitrogens with zero attached hydrogens (tertiary/aromatic N) is 1. The number of ether oxygens (including phenoxy) is 1. The first-order chi connectivity index (χ1) is 7.67. The van der Waals surface area contributed by atoms with Gasteiger partial charge in [0, 0.05) is 26.7 Å². The molecule has 0 spiro atoms. The van der Waals surface area contributed by atoms with Crippen molar-refractivity contribution in [3.63, 3.8) is 0 Å². The quantitative estimate of drug-likeness (QED) is 0.796. The van der Waals surface area contributed by atoms with Crippen molar-refractivity contribution < 1.29 is 9.13 Å². The van der Waals surface area contributed by atoms with Crippen LogP contribution >= 0.6 is 0 Å². The van der Waals surface area contributed by atoms with Crippen LogP contribution in [0.1, 0.15) is 11.1 Å². The fourth-order valence-electron chi connectivity index (χ4n) is 1.56. The molecule has 0 unspecified atom stereocenters. The molecule has 0 saturated heterocycles. The summed E-state index contributed by atoms with van der Waals surface area (Å²) < 4.78 is 18.1. The molecule has 0 atom stereocenters. The van der Waals surface area contributed by atoms with Gasteiger partial charge in [0.05, 0.1) is 6.61 Å². The number of methoxy groups -OCH3 is 1. The predicted molar refractivity (Wildman–Crippen MR) is 62.5 cm³/mol. The van der Waals surface area contributed by atoms with E-state index in [1.54, 1.807) is 19.2 Å². The van der Waals surface area contributed by atoms with Gasteiger partial charge in [-0.25, -0.2) is 4.39 Å². The second kappa shape index (κ2) is 6.58. The number of likely N-dealkylation sites (N-methyl/N-ethyl adjacent to an activating group) is 1. The molecule has 0 saturated carbocycles. The standard InChI is InChI=1S/C12H19FN2O/c1-15(5-6-16-2)9-11-7-12(13)4-3-10(11)8-14/h3-4,7H,5-6,8-9,14H2,1-2H3. The molecule has 4 heteroatoms. The number of nitrogens with two attached hydrogens (primary N) is 1. The Kier molecular flexibility index (Phi) is 5.38. The van der Waals surface area contributed by atoms with Crippen LogP contribution in [0.3, 0.4) is 0 Å². The SMILES string of the molecule is COCCN(C)Cc1cc(F)ccc1CN. The van der Waals surface area contributed by atoms with Crippen LogP contribution in [0.15, 0.2) is 18.2 Å². The van der Waals surface area contributed by atoms with Crippen molar-refractivity contribution >= 4 is 0 Å². The molecular formula is C12H19FN2O. The fourth-order valence-corrected chi connectivity index (χ4v) is 1.56. The van der Waals surface area contributed by atoms with E-state index in [-0.39, 0.29) is 5.82 Å². The van der Waals surface area contributed by atoms with E-state index in [4.69, 9.17) is 10.5 Å². The zero-order valence-corrected chi connectivity index (χ0v) is 9.87. The van der Waals surface area contributed by atoms with Crippen molar-refractivity contribution in [1.29, 1.82) is 0 Å². The highest BCUT2D eigenvalue weighted by Crippen LogP contribution is 2.12. The zero-order valence-electron chi connectivity index (χ0n) is 9.87. The van der Waals surface area contributed by atoms with Gasteiger partial charge in [0.1, 0.15) is 5.82 Å². The topological polar surface area (TPSA) is 38.5 Å². The maximum Gasteiger partial charge on any atom is 0.123 e. The number of halogens is 1. The van der Waals surface area contributed by atoms with Crippen molar-refractivity contribution in [2.45, 2.75) is 13.1 Å². The van der Waals surface area contributed by atoms with Crippen LogP contribution in [0.5, 0.6) is 0 Å². The number of hydrogen-bond donors (Lipinski definition) is 1.